The van der Waals surface area contributed by atoms with Crippen molar-refractivity contribution in [1.29, 1.82) is 0 Å². The number of ether oxygens (including phenoxy) is 1. The first-order valence-electron chi connectivity index (χ1n) is 4.93. The van der Waals surface area contributed by atoms with Crippen molar-refractivity contribution in [1.82, 2.24) is 0 Å². The summed E-state index contributed by atoms with van der Waals surface area (Å²) in [7, 11) is 0. The molecule has 0 atom stereocenters. The number of carbonyl (C=O) groups excluding carboxylic acids is 2. The zero-order valence-corrected chi connectivity index (χ0v) is 9.03. The number of hydrogen-bond acceptors (Lipinski definition) is 4. The summed E-state index contributed by atoms with van der Waals surface area (Å²) in [6, 6.07) is 6.73. The number of nitrogens with two attached hydrogens (primary N) is 1. The van der Waals surface area contributed by atoms with Gasteiger partial charge in [0, 0.05) is 5.69 Å². The monoisotopic (exact) mass is 222 g/mol. The van der Waals surface area contributed by atoms with Gasteiger partial charge in [-0.2, -0.15) is 0 Å². The van der Waals surface area contributed by atoms with Crippen LogP contribution in [0.5, 0.6) is 0 Å². The van der Waals surface area contributed by atoms with Crippen LogP contribution in [0.4, 0.5) is 5.69 Å². The van der Waals surface area contributed by atoms with E-state index in [-0.39, 0.29) is 12.5 Å². The Morgan fingerprint density at radius 2 is 2.06 bits per heavy atom. The van der Waals surface area contributed by atoms with Crippen LogP contribution in [0.2, 0.25) is 0 Å². The molecule has 0 saturated heterocycles. The minimum absolute atomic E-state index is 0.0120. The van der Waals surface area contributed by atoms with E-state index < -0.39 is 5.91 Å². The Labute approximate surface area is 93.6 Å². The fraction of sp³-hybridized carbons (Fsp3) is 0.273. The Kier molecular flexibility index (Phi) is 4.32. The fourth-order valence-electron chi connectivity index (χ4n) is 1.23. The molecule has 0 bridgehead atoms. The third kappa shape index (κ3) is 3.27. The Hall–Kier alpha value is -2.04. The minimum Gasteiger partial charge on any atom is -0.465 e. The number of hydrogen-bond donors (Lipinski definition) is 2. The van der Waals surface area contributed by atoms with Gasteiger partial charge in [0.1, 0.15) is 6.54 Å². The number of primary amides is 1. The molecule has 0 spiro atoms. The molecule has 0 saturated carbocycles. The van der Waals surface area contributed by atoms with Gasteiger partial charge in [0.15, 0.2) is 0 Å². The van der Waals surface area contributed by atoms with Crippen LogP contribution in [-0.4, -0.2) is 25.0 Å². The van der Waals surface area contributed by atoms with E-state index in [9.17, 15) is 9.59 Å². The van der Waals surface area contributed by atoms with Crippen molar-refractivity contribution in [3.8, 4) is 0 Å². The van der Waals surface area contributed by atoms with E-state index >= 15 is 0 Å². The molecule has 5 heteroatoms. The van der Waals surface area contributed by atoms with E-state index in [0.29, 0.717) is 17.9 Å². The summed E-state index contributed by atoms with van der Waals surface area (Å²) in [6.07, 6.45) is 0. The van der Waals surface area contributed by atoms with E-state index in [1.807, 2.05) is 0 Å². The van der Waals surface area contributed by atoms with Crippen molar-refractivity contribution in [3.63, 3.8) is 0 Å². The summed E-state index contributed by atoms with van der Waals surface area (Å²) in [5, 5.41) is 2.80. The molecule has 1 aromatic rings. The van der Waals surface area contributed by atoms with E-state index in [0.717, 1.165) is 0 Å². The van der Waals surface area contributed by atoms with Crippen molar-refractivity contribution in [2.45, 2.75) is 6.92 Å². The van der Waals surface area contributed by atoms with Crippen molar-refractivity contribution in [2.24, 2.45) is 5.73 Å². The second-order valence-corrected chi connectivity index (χ2v) is 3.07. The lowest BCUT2D eigenvalue weighted by Gasteiger charge is -2.08. The molecule has 0 heterocycles. The molecule has 0 radical (unpaired) electrons. The van der Waals surface area contributed by atoms with E-state index in [2.05, 4.69) is 5.32 Å². The van der Waals surface area contributed by atoms with Crippen LogP contribution >= 0.6 is 0 Å². The molecular weight excluding hydrogens is 208 g/mol. The topological polar surface area (TPSA) is 81.4 Å². The quantitative estimate of drug-likeness (QED) is 0.721. The Morgan fingerprint density at radius 1 is 1.38 bits per heavy atom. The number of carbonyl (C=O) groups is 2. The molecule has 0 aromatic heterocycles. The summed E-state index contributed by atoms with van der Waals surface area (Å²) in [5.41, 5.74) is 6.07. The maximum atomic E-state index is 11.1. The van der Waals surface area contributed by atoms with Crippen LogP contribution < -0.4 is 11.1 Å². The summed E-state index contributed by atoms with van der Waals surface area (Å²) in [5.74, 6) is -0.909. The molecule has 16 heavy (non-hydrogen) atoms. The van der Waals surface area contributed by atoms with Gasteiger partial charge in [-0.25, -0.2) is 0 Å². The molecule has 0 fully saturated rings. The zero-order valence-electron chi connectivity index (χ0n) is 9.03. The van der Waals surface area contributed by atoms with Gasteiger partial charge in [0.05, 0.1) is 12.2 Å². The van der Waals surface area contributed by atoms with Gasteiger partial charge in [-0.15, -0.1) is 0 Å². The standard InChI is InChI=1S/C11H14N2O3/c1-2-16-10(14)7-13-9-6-4-3-5-8(9)11(12)15/h3-6,13H,2,7H2,1H3,(H2,12,15). The lowest BCUT2D eigenvalue weighted by atomic mass is 10.1. The molecule has 3 N–H and O–H groups in total. The molecule has 5 nitrogen and oxygen atoms in total. The Morgan fingerprint density at radius 3 is 2.69 bits per heavy atom. The summed E-state index contributed by atoms with van der Waals surface area (Å²) >= 11 is 0. The highest BCUT2D eigenvalue weighted by Crippen LogP contribution is 2.13. The third-order valence-electron chi connectivity index (χ3n) is 1.92. The Balaban J connectivity index is 2.66. The molecule has 0 aliphatic rings. The highest BCUT2D eigenvalue weighted by atomic mass is 16.5. The molecule has 0 aliphatic carbocycles. The summed E-state index contributed by atoms with van der Waals surface area (Å²) in [6.45, 7) is 2.07. The van der Waals surface area contributed by atoms with Crippen LogP contribution in [0.3, 0.4) is 0 Å². The average molecular weight is 222 g/mol. The second-order valence-electron chi connectivity index (χ2n) is 3.07. The lowest BCUT2D eigenvalue weighted by Crippen LogP contribution is -2.20. The first kappa shape index (κ1) is 12.0. The summed E-state index contributed by atoms with van der Waals surface area (Å²) in [4.78, 5) is 22.2. The van der Waals surface area contributed by atoms with Gasteiger partial charge >= 0.3 is 5.97 Å². The predicted molar refractivity (Wildman–Crippen MR) is 60.1 cm³/mol. The molecule has 1 amide bonds. The number of para-hydroxylation sites is 1. The number of rotatable bonds is 5. The molecule has 1 rings (SSSR count). The Bertz CT molecular complexity index is 391. The van der Waals surface area contributed by atoms with Gasteiger partial charge < -0.3 is 15.8 Å². The number of nitrogens with one attached hydrogen (secondary N) is 1. The normalized spacial score (nSPS) is 9.56. The number of anilines is 1. The zero-order chi connectivity index (χ0) is 12.0. The van der Waals surface area contributed by atoms with Gasteiger partial charge in [0.2, 0.25) is 0 Å². The minimum atomic E-state index is -0.535. The first-order chi connectivity index (χ1) is 7.65. The maximum absolute atomic E-state index is 11.1. The van der Waals surface area contributed by atoms with Crippen molar-refractivity contribution >= 4 is 17.6 Å². The van der Waals surface area contributed by atoms with Gasteiger partial charge in [-0.05, 0) is 19.1 Å². The van der Waals surface area contributed by atoms with Crippen LogP contribution in [-0.2, 0) is 9.53 Å². The lowest BCUT2D eigenvalue weighted by molar-refractivity contribution is -0.140. The SMILES string of the molecule is CCOC(=O)CNc1ccccc1C(N)=O. The molecule has 0 aliphatic heterocycles. The third-order valence-corrected chi connectivity index (χ3v) is 1.92. The fourth-order valence-corrected chi connectivity index (χ4v) is 1.23. The van der Waals surface area contributed by atoms with Gasteiger partial charge in [0.25, 0.3) is 5.91 Å². The molecule has 1 aromatic carbocycles. The number of benzene rings is 1. The van der Waals surface area contributed by atoms with Crippen LogP contribution in [0.15, 0.2) is 24.3 Å². The smallest absolute Gasteiger partial charge is 0.325 e. The largest absolute Gasteiger partial charge is 0.465 e. The van der Waals surface area contributed by atoms with Crippen molar-refractivity contribution < 1.29 is 14.3 Å². The summed E-state index contributed by atoms with van der Waals surface area (Å²) < 4.78 is 4.75. The first-order valence-corrected chi connectivity index (χ1v) is 4.93. The molecule has 0 unspecified atom stereocenters. The van der Waals surface area contributed by atoms with Crippen molar-refractivity contribution in [2.75, 3.05) is 18.5 Å². The van der Waals surface area contributed by atoms with E-state index in [4.69, 9.17) is 10.5 Å². The molecular formula is C11H14N2O3. The van der Waals surface area contributed by atoms with Crippen LogP contribution in [0, 0.1) is 0 Å². The average Bonchev–Trinajstić information content (AvgIpc) is 2.27. The number of amides is 1. The van der Waals surface area contributed by atoms with E-state index in [1.165, 1.54) is 0 Å². The highest BCUT2D eigenvalue weighted by molar-refractivity contribution is 5.98. The van der Waals surface area contributed by atoms with Gasteiger partial charge in [-0.1, -0.05) is 12.1 Å². The van der Waals surface area contributed by atoms with Crippen molar-refractivity contribution in [3.05, 3.63) is 29.8 Å². The molecule has 86 valence electrons. The second kappa shape index (κ2) is 5.75. The van der Waals surface area contributed by atoms with Crippen LogP contribution in [0.1, 0.15) is 17.3 Å². The van der Waals surface area contributed by atoms with Gasteiger partial charge in [-0.3, -0.25) is 9.59 Å². The highest BCUT2D eigenvalue weighted by Gasteiger charge is 2.08. The number of esters is 1. The van der Waals surface area contributed by atoms with E-state index in [1.54, 1.807) is 31.2 Å². The van der Waals surface area contributed by atoms with Crippen LogP contribution in [0.25, 0.3) is 0 Å². The maximum Gasteiger partial charge on any atom is 0.325 e. The predicted octanol–water partition coefficient (Wildman–Crippen LogP) is 0.761.